The lowest BCUT2D eigenvalue weighted by Crippen LogP contribution is -2.24. The topological polar surface area (TPSA) is 102 Å². The van der Waals surface area contributed by atoms with Gasteiger partial charge in [0.25, 0.3) is 5.56 Å². The monoisotopic (exact) mass is 507 g/mol. The summed E-state index contributed by atoms with van der Waals surface area (Å²) in [7, 11) is 0. The molecular weight excluding hydrogens is 483 g/mol. The van der Waals surface area contributed by atoms with E-state index < -0.39 is 12.8 Å². The number of hydrogen-bond donors (Lipinski definition) is 1. The second-order valence-electron chi connectivity index (χ2n) is 7.48. The van der Waals surface area contributed by atoms with E-state index in [1.54, 1.807) is 12.3 Å². The van der Waals surface area contributed by atoms with Crippen LogP contribution in [0.5, 0.6) is 5.75 Å². The lowest BCUT2D eigenvalue weighted by atomic mass is 10.3. The predicted molar refractivity (Wildman–Crippen MR) is 126 cm³/mol. The van der Waals surface area contributed by atoms with Crippen molar-refractivity contribution < 1.29 is 22.7 Å². The summed E-state index contributed by atoms with van der Waals surface area (Å²) in [5, 5.41) is 12.0. The van der Waals surface area contributed by atoms with Crippen LogP contribution in [0.15, 0.2) is 46.5 Å². The summed E-state index contributed by atoms with van der Waals surface area (Å²) in [6, 6.07) is 9.39. The minimum atomic E-state index is -4.45. The van der Waals surface area contributed by atoms with Crippen molar-refractivity contribution in [2.75, 3.05) is 18.9 Å². The number of carbonyl (C=O) groups is 1. The number of halogens is 3. The Bertz CT molecular complexity index is 1260. The third kappa shape index (κ3) is 7.02. The van der Waals surface area contributed by atoms with Crippen LogP contribution in [0.3, 0.4) is 0 Å². The first kappa shape index (κ1) is 26.2. The lowest BCUT2D eigenvalue weighted by Gasteiger charge is -2.14. The molecule has 0 aliphatic carbocycles. The number of thioether (sulfide) groups is 1. The van der Waals surface area contributed by atoms with Gasteiger partial charge in [0, 0.05) is 31.5 Å². The third-order valence-electron chi connectivity index (χ3n) is 4.94. The molecule has 0 spiro atoms. The highest BCUT2D eigenvalue weighted by molar-refractivity contribution is 7.99. The van der Waals surface area contributed by atoms with E-state index in [-0.39, 0.29) is 30.1 Å². The molecule has 1 amide bonds. The van der Waals surface area contributed by atoms with E-state index in [1.165, 1.54) is 40.6 Å². The molecule has 0 fully saturated rings. The maximum Gasteiger partial charge on any atom is 0.422 e. The zero-order valence-electron chi connectivity index (χ0n) is 19.0. The number of amides is 1. The van der Waals surface area contributed by atoms with Gasteiger partial charge in [0.1, 0.15) is 11.4 Å². The fraction of sp³-hybridized carbons (Fsp3) is 0.391. The van der Waals surface area contributed by atoms with Crippen molar-refractivity contribution in [2.45, 2.75) is 44.1 Å². The van der Waals surface area contributed by atoms with Crippen molar-refractivity contribution in [1.29, 1.82) is 5.26 Å². The predicted octanol–water partition coefficient (Wildman–Crippen LogP) is 4.05. The van der Waals surface area contributed by atoms with Gasteiger partial charge in [-0.05, 0) is 43.7 Å². The van der Waals surface area contributed by atoms with Crippen LogP contribution in [0.4, 0.5) is 13.2 Å². The van der Waals surface area contributed by atoms with Crippen molar-refractivity contribution in [3.63, 3.8) is 0 Å². The van der Waals surface area contributed by atoms with Crippen LogP contribution in [0.1, 0.15) is 26.2 Å². The van der Waals surface area contributed by atoms with Crippen molar-refractivity contribution in [1.82, 2.24) is 19.4 Å². The smallest absolute Gasteiger partial charge is 0.422 e. The summed E-state index contributed by atoms with van der Waals surface area (Å²) in [5.74, 6) is 0.376. The Morgan fingerprint density at radius 2 is 2.00 bits per heavy atom. The molecule has 0 saturated heterocycles. The van der Waals surface area contributed by atoms with Gasteiger partial charge < -0.3 is 14.6 Å². The Kier molecular flexibility index (Phi) is 8.81. The molecule has 0 aliphatic rings. The van der Waals surface area contributed by atoms with Crippen LogP contribution >= 0.6 is 11.8 Å². The Balaban J connectivity index is 1.83. The molecule has 0 aliphatic heterocycles. The molecule has 12 heteroatoms. The van der Waals surface area contributed by atoms with Gasteiger partial charge in [0.05, 0.1) is 23.6 Å². The molecule has 35 heavy (non-hydrogen) atoms. The molecule has 3 rings (SSSR count). The van der Waals surface area contributed by atoms with Crippen molar-refractivity contribution in [3.05, 3.63) is 46.9 Å². The Labute approximate surface area is 203 Å². The van der Waals surface area contributed by atoms with Gasteiger partial charge in [0.15, 0.2) is 11.8 Å². The van der Waals surface area contributed by atoms with Gasteiger partial charge in [-0.3, -0.25) is 14.2 Å². The molecule has 0 atom stereocenters. The number of nitrogens with one attached hydrogen (secondary N) is 1. The van der Waals surface area contributed by atoms with E-state index >= 15 is 0 Å². The fourth-order valence-corrected chi connectivity index (χ4v) is 4.22. The highest BCUT2D eigenvalue weighted by atomic mass is 32.2. The molecule has 1 N–H and O–H groups in total. The number of carbonyl (C=O) groups excluding carboxylic acids is 1. The van der Waals surface area contributed by atoms with E-state index in [0.717, 1.165) is 0 Å². The number of nitrogens with zero attached hydrogens (tertiary/aromatic N) is 4. The van der Waals surface area contributed by atoms with Gasteiger partial charge in [0.2, 0.25) is 5.91 Å². The highest BCUT2D eigenvalue weighted by Gasteiger charge is 2.28. The number of alkyl halides is 3. The first-order valence-corrected chi connectivity index (χ1v) is 11.9. The number of aromatic nitrogens is 3. The summed E-state index contributed by atoms with van der Waals surface area (Å²) in [6.45, 7) is 1.45. The molecule has 0 bridgehead atoms. The zero-order chi connectivity index (χ0) is 25.4. The summed E-state index contributed by atoms with van der Waals surface area (Å²) in [5.41, 5.74) is 0.670. The number of hydrogen-bond acceptors (Lipinski definition) is 6. The first-order valence-electron chi connectivity index (χ1n) is 10.9. The number of aryl methyl sites for hydroxylation is 1. The van der Waals surface area contributed by atoms with Crippen LogP contribution in [0, 0.1) is 11.3 Å². The number of rotatable bonds is 11. The van der Waals surface area contributed by atoms with Crippen LogP contribution < -0.4 is 15.6 Å². The van der Waals surface area contributed by atoms with Crippen molar-refractivity contribution >= 4 is 28.7 Å². The number of fused-ring (bicyclic) bond motifs is 1. The zero-order valence-corrected chi connectivity index (χ0v) is 19.8. The van der Waals surface area contributed by atoms with E-state index in [2.05, 4.69) is 10.3 Å². The number of ether oxygens (including phenoxy) is 1. The Morgan fingerprint density at radius 1 is 1.26 bits per heavy atom. The van der Waals surface area contributed by atoms with E-state index in [4.69, 9.17) is 10.00 Å². The van der Waals surface area contributed by atoms with Crippen molar-refractivity contribution in [3.8, 4) is 17.5 Å². The van der Waals surface area contributed by atoms with E-state index in [0.29, 0.717) is 47.1 Å². The summed E-state index contributed by atoms with van der Waals surface area (Å²) >= 11 is 1.31. The molecule has 0 saturated carbocycles. The van der Waals surface area contributed by atoms with Gasteiger partial charge in [-0.1, -0.05) is 11.8 Å². The standard InChI is InChI=1S/C23H24F3N5O3S/c1-2-30-13-10-18-20(30)29-22(35-14-3-5-19(32)28-12-4-11-27)31(21(18)33)16-6-8-17(9-7-16)34-15-23(24,25)26/h6-10,13H,2-5,12,14-15H2,1H3,(H,28,32). The fourth-order valence-electron chi connectivity index (χ4n) is 3.28. The molecular formula is C23H24F3N5O3S. The third-order valence-corrected chi connectivity index (χ3v) is 5.96. The molecule has 0 unspecified atom stereocenters. The van der Waals surface area contributed by atoms with Gasteiger partial charge >= 0.3 is 6.18 Å². The quantitative estimate of drug-likeness (QED) is 0.239. The summed E-state index contributed by atoms with van der Waals surface area (Å²) in [4.78, 5) is 29.9. The Hall–Kier alpha value is -3.46. The summed E-state index contributed by atoms with van der Waals surface area (Å²) < 4.78 is 45.3. The van der Waals surface area contributed by atoms with Gasteiger partial charge in [-0.15, -0.1) is 0 Å². The van der Waals surface area contributed by atoms with Crippen molar-refractivity contribution in [2.24, 2.45) is 0 Å². The summed E-state index contributed by atoms with van der Waals surface area (Å²) in [6.07, 6.45) is -1.64. The minimum Gasteiger partial charge on any atom is -0.484 e. The first-order chi connectivity index (χ1) is 16.7. The molecule has 0 radical (unpaired) electrons. The molecule has 2 aromatic heterocycles. The molecule has 2 heterocycles. The SMILES string of the molecule is CCn1ccc2c(=O)n(-c3ccc(OCC(F)(F)F)cc3)c(SCCCC(=O)NCCC#N)nc21. The second kappa shape index (κ2) is 11.8. The Morgan fingerprint density at radius 3 is 2.66 bits per heavy atom. The molecule has 8 nitrogen and oxygen atoms in total. The van der Waals surface area contributed by atoms with E-state index in [1.807, 2.05) is 17.6 Å². The average Bonchev–Trinajstić information content (AvgIpc) is 3.24. The number of nitriles is 1. The van der Waals surface area contributed by atoms with E-state index in [9.17, 15) is 22.8 Å². The molecule has 1 aromatic carbocycles. The van der Waals surface area contributed by atoms with Crippen LogP contribution in [-0.4, -0.2) is 45.1 Å². The maximum atomic E-state index is 13.3. The lowest BCUT2D eigenvalue weighted by molar-refractivity contribution is -0.153. The number of benzene rings is 1. The molecule has 3 aromatic rings. The minimum absolute atomic E-state index is 0.0295. The molecule has 186 valence electrons. The second-order valence-corrected chi connectivity index (χ2v) is 8.54. The normalized spacial score (nSPS) is 11.4. The average molecular weight is 508 g/mol. The van der Waals surface area contributed by atoms with Crippen LogP contribution in [0.2, 0.25) is 0 Å². The van der Waals surface area contributed by atoms with Crippen LogP contribution in [0.25, 0.3) is 16.7 Å². The van der Waals surface area contributed by atoms with Gasteiger partial charge in [-0.2, -0.15) is 18.4 Å². The van der Waals surface area contributed by atoms with Crippen LogP contribution in [-0.2, 0) is 11.3 Å². The highest BCUT2D eigenvalue weighted by Crippen LogP contribution is 2.25. The largest absolute Gasteiger partial charge is 0.484 e. The van der Waals surface area contributed by atoms with Gasteiger partial charge in [-0.25, -0.2) is 4.98 Å². The maximum absolute atomic E-state index is 13.3.